The molecule has 0 unspecified atom stereocenters. The molecule has 108 valence electrons. The molecule has 1 rings (SSSR count). The highest BCUT2D eigenvalue weighted by Crippen LogP contribution is 2.24. The molecule has 6 heteroatoms. The van der Waals surface area contributed by atoms with Crippen LogP contribution in [0.1, 0.15) is 12.0 Å². The van der Waals surface area contributed by atoms with Gasteiger partial charge in [-0.25, -0.2) is 4.79 Å². The van der Waals surface area contributed by atoms with Gasteiger partial charge in [-0.2, -0.15) is 0 Å². The van der Waals surface area contributed by atoms with E-state index in [4.69, 9.17) is 21.4 Å². The van der Waals surface area contributed by atoms with Gasteiger partial charge in [0.1, 0.15) is 5.75 Å². The first kappa shape index (κ1) is 16.0. The second-order valence-electron chi connectivity index (χ2n) is 4.24. The van der Waals surface area contributed by atoms with Crippen LogP contribution >= 0.6 is 11.6 Å². The molecule has 1 aromatic carbocycles. The van der Waals surface area contributed by atoms with Crippen molar-refractivity contribution in [1.29, 1.82) is 0 Å². The highest BCUT2D eigenvalue weighted by atomic mass is 35.5. The Morgan fingerprint density at radius 3 is 2.70 bits per heavy atom. The average Bonchev–Trinajstić information content (AvgIpc) is 2.38. The number of aliphatic carboxylic acids is 1. The number of carboxylic acids is 1. The van der Waals surface area contributed by atoms with E-state index in [1.165, 1.54) is 11.0 Å². The van der Waals surface area contributed by atoms with Crippen molar-refractivity contribution < 1.29 is 19.4 Å². The highest BCUT2D eigenvalue weighted by molar-refractivity contribution is 6.30. The van der Waals surface area contributed by atoms with Gasteiger partial charge in [-0.05, 0) is 24.3 Å². The molecular formula is C14H16ClNO4. The molecule has 0 heterocycles. The smallest absolute Gasteiger partial charge is 0.328 e. The third-order valence-corrected chi connectivity index (χ3v) is 2.68. The van der Waals surface area contributed by atoms with Crippen LogP contribution in [-0.4, -0.2) is 42.6 Å². The number of rotatable bonds is 6. The third kappa shape index (κ3) is 5.32. The normalized spacial score (nSPS) is 10.6. The minimum Gasteiger partial charge on any atom is -0.492 e. The zero-order valence-corrected chi connectivity index (χ0v) is 12.1. The standard InChI is InChI=1S/C14H16ClNO4/c1-16(2)13(17)7-8-20-12-5-4-11(15)9-10(12)3-6-14(18)19/h3-6,9H,7-8H2,1-2H3,(H,18,19)/b6-3+. The number of ether oxygens (including phenoxy) is 1. The Morgan fingerprint density at radius 1 is 1.40 bits per heavy atom. The second kappa shape index (κ2) is 7.55. The second-order valence-corrected chi connectivity index (χ2v) is 4.68. The summed E-state index contributed by atoms with van der Waals surface area (Å²) < 4.78 is 5.49. The van der Waals surface area contributed by atoms with Crippen LogP contribution < -0.4 is 4.74 Å². The van der Waals surface area contributed by atoms with E-state index in [-0.39, 0.29) is 18.9 Å². The number of halogens is 1. The van der Waals surface area contributed by atoms with Crippen LogP contribution in [0.2, 0.25) is 5.02 Å². The lowest BCUT2D eigenvalue weighted by atomic mass is 10.2. The van der Waals surface area contributed by atoms with Crippen LogP contribution in [0, 0.1) is 0 Å². The Bertz CT molecular complexity index is 526. The van der Waals surface area contributed by atoms with Crippen molar-refractivity contribution in [3.63, 3.8) is 0 Å². The Labute approximate surface area is 122 Å². The fourth-order valence-corrected chi connectivity index (χ4v) is 1.59. The summed E-state index contributed by atoms with van der Waals surface area (Å²) in [5.74, 6) is -0.612. The van der Waals surface area contributed by atoms with Crippen LogP contribution in [-0.2, 0) is 9.59 Å². The van der Waals surface area contributed by atoms with Gasteiger partial charge in [0.05, 0.1) is 13.0 Å². The van der Waals surface area contributed by atoms with Crippen LogP contribution in [0.15, 0.2) is 24.3 Å². The topological polar surface area (TPSA) is 66.8 Å². The Kier molecular flexibility index (Phi) is 6.06. The molecule has 0 spiro atoms. The van der Waals surface area contributed by atoms with Crippen molar-refractivity contribution in [2.45, 2.75) is 6.42 Å². The lowest BCUT2D eigenvalue weighted by Crippen LogP contribution is -2.23. The third-order valence-electron chi connectivity index (χ3n) is 2.45. The average molecular weight is 298 g/mol. The first-order chi connectivity index (χ1) is 9.40. The van der Waals surface area contributed by atoms with Crippen molar-refractivity contribution in [2.75, 3.05) is 20.7 Å². The molecule has 1 N–H and O–H groups in total. The van der Waals surface area contributed by atoms with Gasteiger partial charge in [-0.15, -0.1) is 0 Å². The summed E-state index contributed by atoms with van der Waals surface area (Å²) in [6.45, 7) is 0.215. The number of amides is 1. The summed E-state index contributed by atoms with van der Waals surface area (Å²) in [7, 11) is 3.34. The van der Waals surface area contributed by atoms with E-state index in [1.807, 2.05) is 0 Å². The zero-order chi connectivity index (χ0) is 15.1. The van der Waals surface area contributed by atoms with E-state index in [9.17, 15) is 9.59 Å². The molecule has 0 aliphatic heterocycles. The predicted octanol–water partition coefficient (Wildman–Crippen LogP) is 2.29. The largest absolute Gasteiger partial charge is 0.492 e. The number of hydrogen-bond donors (Lipinski definition) is 1. The molecule has 0 radical (unpaired) electrons. The number of hydrogen-bond acceptors (Lipinski definition) is 3. The van der Waals surface area contributed by atoms with Gasteiger partial charge in [0.25, 0.3) is 0 Å². The van der Waals surface area contributed by atoms with Crippen LogP contribution in [0.4, 0.5) is 0 Å². The number of nitrogens with zero attached hydrogens (tertiary/aromatic N) is 1. The van der Waals surface area contributed by atoms with Gasteiger partial charge in [-0.3, -0.25) is 4.79 Å². The van der Waals surface area contributed by atoms with Crippen molar-refractivity contribution in [3.05, 3.63) is 34.9 Å². The van der Waals surface area contributed by atoms with E-state index in [1.54, 1.807) is 32.3 Å². The van der Waals surface area contributed by atoms with Gasteiger partial charge in [0, 0.05) is 30.8 Å². The zero-order valence-electron chi connectivity index (χ0n) is 11.3. The molecule has 0 aromatic heterocycles. The molecule has 0 aliphatic rings. The number of benzene rings is 1. The summed E-state index contributed by atoms with van der Waals surface area (Å²) in [5, 5.41) is 9.11. The predicted molar refractivity (Wildman–Crippen MR) is 76.9 cm³/mol. The van der Waals surface area contributed by atoms with E-state index >= 15 is 0 Å². The lowest BCUT2D eigenvalue weighted by Gasteiger charge is -2.12. The summed E-state index contributed by atoms with van der Waals surface area (Å²) in [5.41, 5.74) is 0.553. The van der Waals surface area contributed by atoms with Crippen LogP contribution in [0.5, 0.6) is 5.75 Å². The molecule has 0 bridgehead atoms. The molecular weight excluding hydrogens is 282 g/mol. The first-order valence-electron chi connectivity index (χ1n) is 5.93. The molecule has 0 fully saturated rings. The van der Waals surface area contributed by atoms with E-state index < -0.39 is 5.97 Å². The molecule has 5 nitrogen and oxygen atoms in total. The van der Waals surface area contributed by atoms with Crippen LogP contribution in [0.3, 0.4) is 0 Å². The number of carboxylic acid groups (broad SMARTS) is 1. The number of carbonyl (C=O) groups excluding carboxylic acids is 1. The minimum atomic E-state index is -1.06. The Morgan fingerprint density at radius 2 is 2.10 bits per heavy atom. The van der Waals surface area contributed by atoms with Crippen molar-refractivity contribution in [1.82, 2.24) is 4.90 Å². The summed E-state index contributed by atoms with van der Waals surface area (Å²) in [4.78, 5) is 23.4. The first-order valence-corrected chi connectivity index (χ1v) is 6.31. The maximum atomic E-state index is 11.4. The monoisotopic (exact) mass is 297 g/mol. The van der Waals surface area contributed by atoms with E-state index in [0.29, 0.717) is 16.3 Å². The molecule has 1 aromatic rings. The maximum Gasteiger partial charge on any atom is 0.328 e. The molecule has 0 aliphatic carbocycles. The molecule has 0 atom stereocenters. The van der Waals surface area contributed by atoms with Gasteiger partial charge in [-0.1, -0.05) is 11.6 Å². The van der Waals surface area contributed by atoms with Crippen molar-refractivity contribution >= 4 is 29.6 Å². The molecule has 0 saturated heterocycles. The van der Waals surface area contributed by atoms with Crippen molar-refractivity contribution in [2.24, 2.45) is 0 Å². The van der Waals surface area contributed by atoms with Gasteiger partial charge in [0.2, 0.25) is 5.91 Å². The molecule has 0 saturated carbocycles. The van der Waals surface area contributed by atoms with Gasteiger partial charge >= 0.3 is 5.97 Å². The van der Waals surface area contributed by atoms with E-state index in [0.717, 1.165) is 6.08 Å². The lowest BCUT2D eigenvalue weighted by molar-refractivity contribution is -0.131. The number of carbonyl (C=O) groups is 2. The Balaban J connectivity index is 2.74. The highest BCUT2D eigenvalue weighted by Gasteiger charge is 2.06. The summed E-state index contributed by atoms with van der Waals surface area (Å²) >= 11 is 5.86. The Hall–Kier alpha value is -2.01. The fraction of sp³-hybridized carbons (Fsp3) is 0.286. The fourth-order valence-electron chi connectivity index (χ4n) is 1.41. The van der Waals surface area contributed by atoms with Gasteiger partial charge < -0.3 is 14.7 Å². The molecule has 20 heavy (non-hydrogen) atoms. The summed E-state index contributed by atoms with van der Waals surface area (Å²) in [6, 6.07) is 4.89. The SMILES string of the molecule is CN(C)C(=O)CCOc1ccc(Cl)cc1/C=C/C(=O)O. The van der Waals surface area contributed by atoms with E-state index in [2.05, 4.69) is 0 Å². The van der Waals surface area contributed by atoms with Crippen molar-refractivity contribution in [3.8, 4) is 5.75 Å². The quantitative estimate of drug-likeness (QED) is 0.818. The molecule has 1 amide bonds. The van der Waals surface area contributed by atoms with Gasteiger partial charge in [0.15, 0.2) is 0 Å². The maximum absolute atomic E-state index is 11.4. The minimum absolute atomic E-state index is 0.0402. The van der Waals surface area contributed by atoms with Crippen LogP contribution in [0.25, 0.3) is 6.08 Å². The summed E-state index contributed by atoms with van der Waals surface area (Å²) in [6.07, 6.45) is 2.65.